The fourth-order valence-electron chi connectivity index (χ4n) is 1.08. The first-order valence-corrected chi connectivity index (χ1v) is 5.53. The predicted octanol–water partition coefficient (Wildman–Crippen LogP) is 0.0874. The van der Waals surface area contributed by atoms with Crippen molar-refractivity contribution in [2.45, 2.75) is 17.2 Å². The third kappa shape index (κ3) is 4.72. The zero-order chi connectivity index (χ0) is 14.4. The van der Waals surface area contributed by atoms with Crippen molar-refractivity contribution in [2.24, 2.45) is 0 Å². The second-order valence-electron chi connectivity index (χ2n) is 3.22. The molecule has 0 saturated carbocycles. The molecule has 104 valence electrons. The fraction of sp³-hybridized carbons (Fsp3) is 0.250. The minimum absolute atomic E-state index is 0. The number of hydrogen-bond acceptors (Lipinski definition) is 2. The second kappa shape index (κ2) is 5.36. The molecule has 0 saturated heterocycles. The minimum Gasteiger partial charge on any atom is -1.00 e. The molecule has 0 radical (unpaired) electrons. The van der Waals surface area contributed by atoms with Crippen molar-refractivity contribution < 1.29 is 59.6 Å². The van der Waals surface area contributed by atoms with Crippen LogP contribution in [0.1, 0.15) is 12.6 Å². The summed E-state index contributed by atoms with van der Waals surface area (Å²) in [6, 6.07) is -0.399. The van der Waals surface area contributed by atoms with Crippen LogP contribution in [-0.2, 0) is 22.5 Å². The van der Waals surface area contributed by atoms with Crippen LogP contribution in [0, 0.1) is 0 Å². The van der Waals surface area contributed by atoms with Gasteiger partial charge in [-0.1, -0.05) is 0 Å². The summed E-state index contributed by atoms with van der Waals surface area (Å²) in [4.78, 5) is -1.47. The summed E-state index contributed by atoms with van der Waals surface area (Å²) < 4.78 is 103. The average Bonchev–Trinajstić information content (AvgIpc) is 2.13. The molecule has 0 bridgehead atoms. The largest absolute Gasteiger partial charge is 1.00 e. The normalized spacial score (nSPS) is 13.0. The van der Waals surface area contributed by atoms with E-state index in [1.165, 1.54) is 0 Å². The van der Waals surface area contributed by atoms with Gasteiger partial charge in [0.05, 0.1) is 16.0 Å². The smallest absolute Gasteiger partial charge is 1.00 e. The Balaban J connectivity index is 0. The minimum atomic E-state index is -5.17. The summed E-state index contributed by atoms with van der Waals surface area (Å²) in [6.07, 6.45) is -10.3. The Hall–Kier alpha value is -0.693. The second-order valence-corrected chi connectivity index (χ2v) is 4.64. The van der Waals surface area contributed by atoms with Crippen LogP contribution in [0.3, 0.4) is 0 Å². The van der Waals surface area contributed by atoms with Crippen LogP contribution in [0.5, 0.6) is 0 Å². The van der Waals surface area contributed by atoms with Gasteiger partial charge in [-0.05, 0) is 18.2 Å². The summed E-state index contributed by atoms with van der Waals surface area (Å²) in [5.41, 5.74) is -3.63. The Morgan fingerprint density at radius 2 is 1.21 bits per heavy atom. The summed E-state index contributed by atoms with van der Waals surface area (Å²) in [5.74, 6) is 0. The van der Waals surface area contributed by atoms with Crippen molar-refractivity contribution in [3.8, 4) is 0 Å². The van der Waals surface area contributed by atoms with Crippen molar-refractivity contribution in [1.82, 2.24) is 0 Å². The van der Waals surface area contributed by atoms with Crippen molar-refractivity contribution in [3.63, 3.8) is 0 Å². The molecule has 0 aliphatic rings. The average molecular weight is 302 g/mol. The van der Waals surface area contributed by atoms with Gasteiger partial charge >= 0.3 is 31.2 Å². The molecule has 0 fully saturated rings. The van der Waals surface area contributed by atoms with E-state index in [2.05, 4.69) is 0 Å². The number of hydrogen-bond donors (Lipinski definition) is 1. The summed E-state index contributed by atoms with van der Waals surface area (Å²) in [5, 5.41) is 0. The van der Waals surface area contributed by atoms with E-state index in [9.17, 15) is 34.8 Å². The molecule has 3 nitrogen and oxygen atoms in total. The zero-order valence-corrected chi connectivity index (χ0v) is 9.99. The van der Waals surface area contributed by atoms with Crippen LogP contribution in [0.25, 0.3) is 0 Å². The molecule has 0 atom stereocenters. The van der Waals surface area contributed by atoms with Crippen LogP contribution in [0.2, 0.25) is 0 Å². The molecule has 1 rings (SSSR count). The van der Waals surface area contributed by atoms with E-state index in [0.29, 0.717) is 0 Å². The SMILES string of the molecule is O=S(=O)(O)c1cc(C(F)(F)F)cc(C(F)(F)F)c1.[H-].[Li+]. The number of rotatable bonds is 1. The van der Waals surface area contributed by atoms with E-state index in [1.54, 1.807) is 0 Å². The molecule has 1 aromatic carbocycles. The van der Waals surface area contributed by atoms with Gasteiger partial charge in [-0.3, -0.25) is 4.55 Å². The molecule has 0 aliphatic carbocycles. The predicted molar refractivity (Wildman–Crippen MR) is 47.4 cm³/mol. The number of halogens is 6. The third-order valence-corrected chi connectivity index (χ3v) is 2.69. The first-order chi connectivity index (χ1) is 7.82. The molecule has 0 amide bonds. The Morgan fingerprint density at radius 3 is 1.42 bits per heavy atom. The van der Waals surface area contributed by atoms with E-state index < -0.39 is 38.5 Å². The Bertz CT molecular complexity index is 536. The molecule has 0 heterocycles. The molecule has 0 unspecified atom stereocenters. The van der Waals surface area contributed by atoms with Gasteiger partial charge in [0, 0.05) is 0 Å². The van der Waals surface area contributed by atoms with Crippen LogP contribution in [0.15, 0.2) is 23.1 Å². The maximum Gasteiger partial charge on any atom is 1.00 e. The molecule has 11 heteroatoms. The van der Waals surface area contributed by atoms with Gasteiger partial charge < -0.3 is 1.43 Å². The van der Waals surface area contributed by atoms with E-state index in [1.807, 2.05) is 0 Å². The van der Waals surface area contributed by atoms with Crippen LogP contribution in [-0.4, -0.2) is 13.0 Å². The van der Waals surface area contributed by atoms with Crippen molar-refractivity contribution in [3.05, 3.63) is 29.3 Å². The first-order valence-electron chi connectivity index (χ1n) is 4.09. The molecular weight excluding hydrogens is 297 g/mol. The van der Waals surface area contributed by atoms with Gasteiger partial charge in [-0.15, -0.1) is 0 Å². The van der Waals surface area contributed by atoms with Crippen LogP contribution < -0.4 is 18.9 Å². The topological polar surface area (TPSA) is 54.4 Å². The van der Waals surface area contributed by atoms with E-state index in [-0.39, 0.29) is 38.5 Å². The monoisotopic (exact) mass is 302 g/mol. The molecule has 19 heavy (non-hydrogen) atoms. The van der Waals surface area contributed by atoms with Crippen LogP contribution in [0.4, 0.5) is 26.3 Å². The molecule has 1 aromatic rings. The zero-order valence-electron chi connectivity index (χ0n) is 10.2. The summed E-state index contributed by atoms with van der Waals surface area (Å²) >= 11 is 0. The van der Waals surface area contributed by atoms with Crippen LogP contribution >= 0.6 is 0 Å². The fourth-order valence-corrected chi connectivity index (χ4v) is 1.63. The van der Waals surface area contributed by atoms with Crippen molar-refractivity contribution >= 4 is 10.1 Å². The quantitative estimate of drug-likeness (QED) is 0.454. The van der Waals surface area contributed by atoms with E-state index in [0.717, 1.165) is 0 Å². The van der Waals surface area contributed by atoms with E-state index >= 15 is 0 Å². The summed E-state index contributed by atoms with van der Waals surface area (Å²) in [7, 11) is -5.17. The number of benzene rings is 1. The van der Waals surface area contributed by atoms with Gasteiger partial charge in [0.25, 0.3) is 10.1 Å². The van der Waals surface area contributed by atoms with Gasteiger partial charge in [0.2, 0.25) is 0 Å². The maximum atomic E-state index is 12.3. The van der Waals surface area contributed by atoms with Gasteiger partial charge in [0.15, 0.2) is 0 Å². The molecule has 0 spiro atoms. The summed E-state index contributed by atoms with van der Waals surface area (Å²) in [6.45, 7) is 0. The molecule has 0 aliphatic heterocycles. The van der Waals surface area contributed by atoms with Gasteiger partial charge in [-0.2, -0.15) is 34.8 Å². The Kier molecular flexibility index (Phi) is 5.16. The van der Waals surface area contributed by atoms with Crippen molar-refractivity contribution in [2.75, 3.05) is 0 Å². The van der Waals surface area contributed by atoms with Crippen molar-refractivity contribution in [1.29, 1.82) is 0 Å². The maximum absolute atomic E-state index is 12.3. The molecule has 1 N–H and O–H groups in total. The van der Waals surface area contributed by atoms with Gasteiger partial charge in [-0.25, -0.2) is 0 Å². The van der Waals surface area contributed by atoms with Gasteiger partial charge in [0.1, 0.15) is 0 Å². The molecular formula is C8H5F6LiO3S. The Labute approximate surface area is 117 Å². The first kappa shape index (κ1) is 18.3. The number of alkyl halides is 6. The third-order valence-electron chi connectivity index (χ3n) is 1.86. The van der Waals surface area contributed by atoms with E-state index in [4.69, 9.17) is 4.55 Å². The standard InChI is InChI=1S/C8H4F6O3S.Li.H/c9-7(10,11)4-1-5(8(12,13)14)3-6(2-4)18(15,16)17;;/h1-3H,(H,15,16,17);;/q;+1;-1. The molecule has 0 aromatic heterocycles. The Morgan fingerprint density at radius 1 is 0.895 bits per heavy atom.